The molecular weight excluding hydrogens is 376 g/mol. The van der Waals surface area contributed by atoms with Crippen LogP contribution >= 0.6 is 34.7 Å². The first-order chi connectivity index (χ1) is 12.0. The predicted octanol–water partition coefficient (Wildman–Crippen LogP) is 4.74. The summed E-state index contributed by atoms with van der Waals surface area (Å²) in [6.45, 7) is 4.96. The fourth-order valence-corrected chi connectivity index (χ4v) is 4.68. The summed E-state index contributed by atoms with van der Waals surface area (Å²) in [6, 6.07) is 6.06. The quantitative estimate of drug-likeness (QED) is 0.740. The molecule has 1 N–H and O–H groups in total. The highest BCUT2D eigenvalue weighted by atomic mass is 35.5. The van der Waals surface area contributed by atoms with Gasteiger partial charge in [0.15, 0.2) is 4.34 Å². The number of hydrogen-bond donors (Lipinski definition) is 1. The molecule has 1 aromatic carbocycles. The number of nitrogens with zero attached hydrogens (tertiary/aromatic N) is 3. The van der Waals surface area contributed by atoms with E-state index in [1.165, 1.54) is 29.5 Å². The van der Waals surface area contributed by atoms with E-state index in [0.717, 1.165) is 35.0 Å². The van der Waals surface area contributed by atoms with Crippen LogP contribution in [0.1, 0.15) is 31.7 Å². The number of thioether (sulfide) groups is 1. The average Bonchev–Trinajstić information content (AvgIpc) is 3.05. The van der Waals surface area contributed by atoms with E-state index in [9.17, 15) is 4.79 Å². The van der Waals surface area contributed by atoms with Crippen LogP contribution in [-0.2, 0) is 4.79 Å². The smallest absolute Gasteiger partial charge is 0.233 e. The van der Waals surface area contributed by atoms with Gasteiger partial charge in [0.25, 0.3) is 0 Å². The molecule has 0 radical (unpaired) electrons. The Morgan fingerprint density at radius 2 is 2.28 bits per heavy atom. The third kappa shape index (κ3) is 4.65. The van der Waals surface area contributed by atoms with Crippen LogP contribution in [0.25, 0.3) is 0 Å². The molecule has 1 saturated heterocycles. The van der Waals surface area contributed by atoms with Gasteiger partial charge in [0.1, 0.15) is 0 Å². The van der Waals surface area contributed by atoms with E-state index in [2.05, 4.69) is 22.4 Å². The second kappa shape index (κ2) is 8.38. The lowest BCUT2D eigenvalue weighted by atomic mass is 10.0. The van der Waals surface area contributed by atoms with E-state index >= 15 is 0 Å². The van der Waals surface area contributed by atoms with Crippen LogP contribution < -0.4 is 5.32 Å². The number of halogens is 1. The fraction of sp³-hybridized carbons (Fsp3) is 0.471. The molecule has 134 valence electrons. The van der Waals surface area contributed by atoms with Gasteiger partial charge in [0.05, 0.1) is 5.75 Å². The van der Waals surface area contributed by atoms with Crippen LogP contribution in [0.15, 0.2) is 22.5 Å². The lowest BCUT2D eigenvalue weighted by Gasteiger charge is -2.33. The Labute approximate surface area is 161 Å². The third-order valence-electron chi connectivity index (χ3n) is 4.36. The first-order valence-corrected chi connectivity index (χ1v) is 10.5. The standard InChI is InChI=1S/C17H21ClN4OS2/c1-11-6-3-4-9-22(11)15(23)10-24-17-21-20-16(25-17)19-14-8-5-7-13(18)12(14)2/h5,7-8,11H,3-4,6,9-10H2,1-2H3,(H,19,20). The van der Waals surface area contributed by atoms with E-state index in [-0.39, 0.29) is 5.91 Å². The number of likely N-dealkylation sites (tertiary alicyclic amines) is 1. The summed E-state index contributed by atoms with van der Waals surface area (Å²) in [4.78, 5) is 14.4. The van der Waals surface area contributed by atoms with Crippen molar-refractivity contribution in [1.29, 1.82) is 0 Å². The van der Waals surface area contributed by atoms with Crippen LogP contribution in [0, 0.1) is 6.92 Å². The zero-order chi connectivity index (χ0) is 17.8. The lowest BCUT2D eigenvalue weighted by Crippen LogP contribution is -2.42. The molecule has 0 saturated carbocycles. The van der Waals surface area contributed by atoms with E-state index < -0.39 is 0 Å². The summed E-state index contributed by atoms with van der Waals surface area (Å²) in [7, 11) is 0. The van der Waals surface area contributed by atoms with Gasteiger partial charge >= 0.3 is 0 Å². The van der Waals surface area contributed by atoms with Crippen molar-refractivity contribution in [3.8, 4) is 0 Å². The van der Waals surface area contributed by atoms with Crippen LogP contribution in [-0.4, -0.2) is 39.3 Å². The summed E-state index contributed by atoms with van der Waals surface area (Å²) in [5.74, 6) is 0.599. The number of carbonyl (C=O) groups is 1. The molecule has 3 rings (SSSR count). The molecule has 1 unspecified atom stereocenters. The van der Waals surface area contributed by atoms with Gasteiger partial charge in [-0.3, -0.25) is 4.79 Å². The van der Waals surface area contributed by atoms with Crippen molar-refractivity contribution in [3.05, 3.63) is 28.8 Å². The van der Waals surface area contributed by atoms with Gasteiger partial charge in [0, 0.05) is 23.3 Å². The van der Waals surface area contributed by atoms with Crippen molar-refractivity contribution < 1.29 is 4.79 Å². The van der Waals surface area contributed by atoms with Crippen LogP contribution in [0.3, 0.4) is 0 Å². The molecular formula is C17H21ClN4OS2. The first kappa shape index (κ1) is 18.5. The molecule has 8 heteroatoms. The molecule has 2 heterocycles. The van der Waals surface area contributed by atoms with E-state index in [0.29, 0.717) is 21.9 Å². The van der Waals surface area contributed by atoms with Crippen molar-refractivity contribution >= 4 is 51.4 Å². The Morgan fingerprint density at radius 1 is 1.44 bits per heavy atom. The third-order valence-corrected chi connectivity index (χ3v) is 6.72. The van der Waals surface area contributed by atoms with Crippen molar-refractivity contribution in [3.63, 3.8) is 0 Å². The van der Waals surface area contributed by atoms with Crippen LogP contribution in [0.5, 0.6) is 0 Å². The molecule has 1 aliphatic heterocycles. The molecule has 25 heavy (non-hydrogen) atoms. The number of nitrogens with one attached hydrogen (secondary N) is 1. The number of anilines is 2. The monoisotopic (exact) mass is 396 g/mol. The minimum absolute atomic E-state index is 0.188. The highest BCUT2D eigenvalue weighted by molar-refractivity contribution is 8.01. The van der Waals surface area contributed by atoms with Crippen LogP contribution in [0.2, 0.25) is 5.02 Å². The van der Waals surface area contributed by atoms with Gasteiger partial charge < -0.3 is 10.2 Å². The summed E-state index contributed by atoms with van der Waals surface area (Å²) in [5, 5.41) is 13.0. The number of hydrogen-bond acceptors (Lipinski definition) is 6. The summed E-state index contributed by atoms with van der Waals surface area (Å²) < 4.78 is 0.792. The van der Waals surface area contributed by atoms with E-state index in [4.69, 9.17) is 11.6 Å². The van der Waals surface area contributed by atoms with Crippen molar-refractivity contribution in [1.82, 2.24) is 15.1 Å². The number of aromatic nitrogens is 2. The molecule has 1 amide bonds. The van der Waals surface area contributed by atoms with E-state index in [1.54, 1.807) is 0 Å². The maximum Gasteiger partial charge on any atom is 0.233 e. The molecule has 1 aromatic heterocycles. The molecule has 1 aliphatic rings. The zero-order valence-corrected chi connectivity index (χ0v) is 16.7. The number of amides is 1. The number of rotatable bonds is 5. The predicted molar refractivity (Wildman–Crippen MR) is 105 cm³/mol. The summed E-state index contributed by atoms with van der Waals surface area (Å²) in [5.41, 5.74) is 1.89. The van der Waals surface area contributed by atoms with E-state index in [1.807, 2.05) is 30.0 Å². The van der Waals surface area contributed by atoms with Crippen molar-refractivity contribution in [2.24, 2.45) is 0 Å². The van der Waals surface area contributed by atoms with Gasteiger partial charge in [-0.15, -0.1) is 10.2 Å². The maximum absolute atomic E-state index is 12.4. The number of piperidine rings is 1. The fourth-order valence-electron chi connectivity index (χ4n) is 2.85. The first-order valence-electron chi connectivity index (χ1n) is 8.32. The minimum Gasteiger partial charge on any atom is -0.339 e. The van der Waals surface area contributed by atoms with Crippen molar-refractivity contribution in [2.75, 3.05) is 17.6 Å². The van der Waals surface area contributed by atoms with Gasteiger partial charge in [-0.1, -0.05) is 40.8 Å². The lowest BCUT2D eigenvalue weighted by molar-refractivity contribution is -0.131. The number of benzene rings is 1. The highest BCUT2D eigenvalue weighted by Crippen LogP contribution is 2.31. The van der Waals surface area contributed by atoms with Crippen molar-refractivity contribution in [2.45, 2.75) is 43.5 Å². The Kier molecular flexibility index (Phi) is 6.19. The molecule has 0 aliphatic carbocycles. The van der Waals surface area contributed by atoms with Gasteiger partial charge in [-0.25, -0.2) is 0 Å². The molecule has 2 aromatic rings. The normalized spacial score (nSPS) is 17.6. The Morgan fingerprint density at radius 3 is 3.08 bits per heavy atom. The summed E-state index contributed by atoms with van der Waals surface area (Å²) >= 11 is 9.03. The zero-order valence-electron chi connectivity index (χ0n) is 14.3. The Hall–Kier alpha value is -1.31. The molecule has 0 spiro atoms. The molecule has 5 nitrogen and oxygen atoms in total. The van der Waals surface area contributed by atoms with Crippen LogP contribution in [0.4, 0.5) is 10.8 Å². The SMILES string of the molecule is Cc1c(Cl)cccc1Nc1nnc(SCC(=O)N2CCCCC2C)s1. The Bertz CT molecular complexity index is 752. The minimum atomic E-state index is 0.188. The molecule has 0 bridgehead atoms. The largest absolute Gasteiger partial charge is 0.339 e. The van der Waals surface area contributed by atoms with Gasteiger partial charge in [0.2, 0.25) is 11.0 Å². The summed E-state index contributed by atoms with van der Waals surface area (Å²) in [6.07, 6.45) is 3.42. The average molecular weight is 397 g/mol. The Balaban J connectivity index is 1.56. The maximum atomic E-state index is 12.4. The van der Waals surface area contributed by atoms with Gasteiger partial charge in [-0.2, -0.15) is 0 Å². The highest BCUT2D eigenvalue weighted by Gasteiger charge is 2.23. The topological polar surface area (TPSA) is 58.1 Å². The number of carbonyl (C=O) groups excluding carboxylic acids is 1. The second-order valence-corrected chi connectivity index (χ2v) is 8.74. The molecule has 1 fully saturated rings. The second-order valence-electron chi connectivity index (χ2n) is 6.13. The molecule has 1 atom stereocenters. The van der Waals surface area contributed by atoms with Gasteiger partial charge in [-0.05, 0) is 50.8 Å².